The number of ether oxygens (including phenoxy) is 2. The summed E-state index contributed by atoms with van der Waals surface area (Å²) in [7, 11) is 2.95. The van der Waals surface area contributed by atoms with Crippen LogP contribution in [0.2, 0.25) is 0 Å². The van der Waals surface area contributed by atoms with Gasteiger partial charge >= 0.3 is 12.0 Å². The number of piperidine rings is 1. The molecule has 2 aliphatic rings. The fraction of sp³-hybridized carbons (Fsp3) is 0.545. The molecule has 0 aromatic heterocycles. The summed E-state index contributed by atoms with van der Waals surface area (Å²) >= 11 is 0. The molecule has 0 spiro atoms. The average molecular weight is 431 g/mol. The summed E-state index contributed by atoms with van der Waals surface area (Å²) in [6.45, 7) is 1.36. The summed E-state index contributed by atoms with van der Waals surface area (Å²) in [5.74, 6) is 0.363. The first kappa shape index (κ1) is 22.6. The van der Waals surface area contributed by atoms with E-state index in [2.05, 4.69) is 5.32 Å². The van der Waals surface area contributed by atoms with E-state index in [1.807, 2.05) is 0 Å². The molecule has 0 radical (unpaired) electrons. The summed E-state index contributed by atoms with van der Waals surface area (Å²) in [5.41, 5.74) is 0.816. The Bertz CT molecular complexity index is 817. The molecule has 168 valence electrons. The van der Waals surface area contributed by atoms with E-state index in [0.29, 0.717) is 25.3 Å². The highest BCUT2D eigenvalue weighted by Crippen LogP contribution is 2.22. The molecule has 1 aromatic rings. The Hall–Kier alpha value is -3.10. The van der Waals surface area contributed by atoms with Gasteiger partial charge in [-0.05, 0) is 42.9 Å². The molecule has 0 saturated carbocycles. The minimum absolute atomic E-state index is 0.0350. The predicted octanol–water partition coefficient (Wildman–Crippen LogP) is 1.70. The van der Waals surface area contributed by atoms with Gasteiger partial charge in [0.05, 0.1) is 20.8 Å². The lowest BCUT2D eigenvalue weighted by Gasteiger charge is -2.31. The van der Waals surface area contributed by atoms with Crippen LogP contribution in [0.5, 0.6) is 5.75 Å². The molecule has 2 saturated heterocycles. The number of likely N-dealkylation sites (tertiary alicyclic amines) is 1. The first-order valence-electron chi connectivity index (χ1n) is 10.5. The first-order chi connectivity index (χ1) is 14.9. The Morgan fingerprint density at radius 2 is 1.77 bits per heavy atom. The van der Waals surface area contributed by atoms with Crippen LogP contribution in [0, 0.1) is 5.92 Å². The molecule has 31 heavy (non-hydrogen) atoms. The van der Waals surface area contributed by atoms with Gasteiger partial charge in [0.15, 0.2) is 0 Å². The highest BCUT2D eigenvalue weighted by Gasteiger charge is 2.38. The minimum Gasteiger partial charge on any atom is -0.497 e. The van der Waals surface area contributed by atoms with Gasteiger partial charge in [-0.15, -0.1) is 0 Å². The number of esters is 1. The van der Waals surface area contributed by atoms with Gasteiger partial charge in [-0.3, -0.25) is 19.3 Å². The van der Waals surface area contributed by atoms with E-state index in [1.165, 1.54) is 12.0 Å². The molecule has 2 aliphatic heterocycles. The van der Waals surface area contributed by atoms with Crippen LogP contribution in [0.4, 0.5) is 4.79 Å². The van der Waals surface area contributed by atoms with Crippen LogP contribution >= 0.6 is 0 Å². The Kier molecular flexibility index (Phi) is 7.49. The summed E-state index contributed by atoms with van der Waals surface area (Å²) in [6, 6.07) is 6.03. The monoisotopic (exact) mass is 431 g/mol. The Morgan fingerprint density at radius 3 is 2.39 bits per heavy atom. The van der Waals surface area contributed by atoms with Crippen LogP contribution in [0.1, 0.15) is 37.7 Å². The van der Waals surface area contributed by atoms with Crippen LogP contribution in [0.15, 0.2) is 24.3 Å². The van der Waals surface area contributed by atoms with Gasteiger partial charge in [0, 0.05) is 25.9 Å². The van der Waals surface area contributed by atoms with Gasteiger partial charge in [0.2, 0.25) is 5.91 Å². The zero-order chi connectivity index (χ0) is 22.4. The third-order valence-electron chi connectivity index (χ3n) is 5.90. The molecule has 2 fully saturated rings. The lowest BCUT2D eigenvalue weighted by molar-refractivity contribution is -0.142. The van der Waals surface area contributed by atoms with Crippen molar-refractivity contribution >= 4 is 23.8 Å². The van der Waals surface area contributed by atoms with Gasteiger partial charge in [-0.25, -0.2) is 4.79 Å². The molecule has 0 aliphatic carbocycles. The lowest BCUT2D eigenvalue weighted by Crippen LogP contribution is -2.40. The van der Waals surface area contributed by atoms with Crippen LogP contribution < -0.4 is 10.1 Å². The summed E-state index contributed by atoms with van der Waals surface area (Å²) in [6.07, 6.45) is 2.36. The SMILES string of the molecule is COC(=O)CC1CCN(C(=O)CCC2NC(=O)N(Cc3ccc(OC)cc3)C2=O)CC1. The molecule has 1 atom stereocenters. The van der Waals surface area contributed by atoms with Crippen molar-refractivity contribution in [3.63, 3.8) is 0 Å². The highest BCUT2D eigenvalue weighted by molar-refractivity contribution is 6.04. The Balaban J connectivity index is 1.45. The summed E-state index contributed by atoms with van der Waals surface area (Å²) in [4.78, 5) is 51.8. The quantitative estimate of drug-likeness (QED) is 0.496. The Morgan fingerprint density at radius 1 is 1.10 bits per heavy atom. The molecule has 9 nitrogen and oxygen atoms in total. The first-order valence-corrected chi connectivity index (χ1v) is 10.5. The van der Waals surface area contributed by atoms with Crippen molar-refractivity contribution in [1.29, 1.82) is 0 Å². The van der Waals surface area contributed by atoms with Crippen LogP contribution in [-0.4, -0.2) is 67.0 Å². The highest BCUT2D eigenvalue weighted by atomic mass is 16.5. The molecule has 1 N–H and O–H groups in total. The number of hydrogen-bond donors (Lipinski definition) is 1. The van der Waals surface area contributed by atoms with E-state index in [-0.39, 0.29) is 43.1 Å². The second kappa shape index (κ2) is 10.3. The maximum absolute atomic E-state index is 12.7. The predicted molar refractivity (Wildman–Crippen MR) is 111 cm³/mol. The normalized spacial score (nSPS) is 19.4. The van der Waals surface area contributed by atoms with Crippen molar-refractivity contribution in [2.75, 3.05) is 27.3 Å². The number of urea groups is 1. The van der Waals surface area contributed by atoms with Crippen molar-refractivity contribution < 1.29 is 28.7 Å². The number of carbonyl (C=O) groups excluding carboxylic acids is 4. The van der Waals surface area contributed by atoms with E-state index >= 15 is 0 Å². The van der Waals surface area contributed by atoms with E-state index in [0.717, 1.165) is 18.4 Å². The Labute approximate surface area is 181 Å². The number of nitrogens with one attached hydrogen (secondary N) is 1. The van der Waals surface area contributed by atoms with Crippen molar-refractivity contribution in [2.24, 2.45) is 5.92 Å². The van der Waals surface area contributed by atoms with Gasteiger partial charge < -0.3 is 19.7 Å². The summed E-state index contributed by atoms with van der Waals surface area (Å²) in [5, 5.41) is 2.68. The minimum atomic E-state index is -0.688. The maximum Gasteiger partial charge on any atom is 0.325 e. The van der Waals surface area contributed by atoms with Crippen molar-refractivity contribution in [1.82, 2.24) is 15.1 Å². The fourth-order valence-corrected chi connectivity index (χ4v) is 3.97. The van der Waals surface area contributed by atoms with E-state index in [4.69, 9.17) is 9.47 Å². The second-order valence-corrected chi connectivity index (χ2v) is 7.92. The van der Waals surface area contributed by atoms with Gasteiger partial charge in [-0.2, -0.15) is 0 Å². The van der Waals surface area contributed by atoms with Crippen LogP contribution in [0.3, 0.4) is 0 Å². The van der Waals surface area contributed by atoms with Gasteiger partial charge in [0.1, 0.15) is 11.8 Å². The van der Waals surface area contributed by atoms with Crippen molar-refractivity contribution in [3.05, 3.63) is 29.8 Å². The molecule has 9 heteroatoms. The van der Waals surface area contributed by atoms with Gasteiger partial charge in [0.25, 0.3) is 5.91 Å². The summed E-state index contributed by atoms with van der Waals surface area (Å²) < 4.78 is 9.82. The number of amides is 4. The van der Waals surface area contributed by atoms with Crippen molar-refractivity contribution in [2.45, 2.75) is 44.7 Å². The molecular formula is C22H29N3O6. The van der Waals surface area contributed by atoms with E-state index < -0.39 is 12.1 Å². The molecule has 2 heterocycles. The largest absolute Gasteiger partial charge is 0.497 e. The molecule has 3 rings (SSSR count). The zero-order valence-electron chi connectivity index (χ0n) is 18.0. The molecule has 1 unspecified atom stereocenters. The second-order valence-electron chi connectivity index (χ2n) is 7.92. The van der Waals surface area contributed by atoms with E-state index in [9.17, 15) is 19.2 Å². The van der Waals surface area contributed by atoms with Crippen LogP contribution in [0.25, 0.3) is 0 Å². The lowest BCUT2D eigenvalue weighted by atomic mass is 9.93. The third kappa shape index (κ3) is 5.74. The standard InChI is InChI=1S/C22H29N3O6/c1-30-17-5-3-16(4-6-17)14-25-21(28)18(23-22(25)29)7-8-19(26)24-11-9-15(10-12-24)13-20(27)31-2/h3-6,15,18H,7-14H2,1-2H3,(H,23,29). The van der Waals surface area contributed by atoms with Crippen molar-refractivity contribution in [3.8, 4) is 5.75 Å². The number of carbonyl (C=O) groups is 4. The maximum atomic E-state index is 12.7. The number of nitrogens with zero attached hydrogens (tertiary/aromatic N) is 2. The van der Waals surface area contributed by atoms with Gasteiger partial charge in [-0.1, -0.05) is 12.1 Å². The average Bonchev–Trinajstić information content (AvgIpc) is 3.05. The molecular weight excluding hydrogens is 402 g/mol. The third-order valence-corrected chi connectivity index (χ3v) is 5.90. The number of rotatable bonds is 8. The molecule has 4 amide bonds. The topological polar surface area (TPSA) is 105 Å². The smallest absolute Gasteiger partial charge is 0.325 e. The van der Waals surface area contributed by atoms with E-state index in [1.54, 1.807) is 36.3 Å². The number of methoxy groups -OCH3 is 2. The number of imide groups is 1. The number of hydrogen-bond acceptors (Lipinski definition) is 6. The van der Waals surface area contributed by atoms with Crippen LogP contribution in [-0.2, 0) is 25.7 Å². The number of benzene rings is 1. The molecule has 0 bridgehead atoms. The zero-order valence-corrected chi connectivity index (χ0v) is 18.0. The molecule has 1 aromatic carbocycles. The fourth-order valence-electron chi connectivity index (χ4n) is 3.97.